The van der Waals surface area contributed by atoms with Gasteiger partial charge in [-0.15, -0.1) is 11.3 Å². The average molecular weight is 611 g/mol. The number of benzene rings is 1. The number of carbonyl (C=O) groups is 3. The number of halogens is 6. The van der Waals surface area contributed by atoms with E-state index in [1.165, 1.54) is 24.3 Å². The van der Waals surface area contributed by atoms with E-state index < -0.39 is 55.0 Å². The Bertz CT molecular complexity index is 1210. The monoisotopic (exact) mass is 610 g/mol. The number of hydrogen-bond acceptors (Lipinski definition) is 6. The lowest BCUT2D eigenvalue weighted by atomic mass is 10.1. The molecule has 2 heterocycles. The van der Waals surface area contributed by atoms with E-state index in [0.717, 1.165) is 27.2 Å². The number of morpholine rings is 1. The van der Waals surface area contributed by atoms with Gasteiger partial charge in [-0.3, -0.25) is 19.3 Å². The van der Waals surface area contributed by atoms with Gasteiger partial charge in [-0.2, -0.15) is 13.2 Å². The third kappa shape index (κ3) is 8.85. The number of nitrogens with one attached hydrogen (secondary N) is 2. The summed E-state index contributed by atoms with van der Waals surface area (Å²) in [5.41, 5.74) is -0.706. The van der Waals surface area contributed by atoms with E-state index in [4.69, 9.17) is 16.3 Å². The second-order valence-corrected chi connectivity index (χ2v) is 11.1. The number of thiophene rings is 1. The fraction of sp³-hybridized carbons (Fsp3) is 0.480. The minimum Gasteiger partial charge on any atom is -0.370 e. The molecule has 2 aromatic rings. The van der Waals surface area contributed by atoms with Crippen molar-refractivity contribution in [2.24, 2.45) is 5.92 Å². The van der Waals surface area contributed by atoms with Crippen LogP contribution >= 0.6 is 22.9 Å². The van der Waals surface area contributed by atoms with Crippen LogP contribution in [0.1, 0.15) is 35.5 Å². The molecule has 40 heavy (non-hydrogen) atoms. The van der Waals surface area contributed by atoms with Gasteiger partial charge in [-0.1, -0.05) is 25.4 Å². The third-order valence-corrected chi connectivity index (χ3v) is 7.02. The number of amides is 3. The third-order valence-electron chi connectivity index (χ3n) is 5.79. The summed E-state index contributed by atoms with van der Waals surface area (Å²) in [6, 6.07) is 4.90. The molecule has 1 atom stereocenters. The Morgan fingerprint density at radius 3 is 2.50 bits per heavy atom. The molecule has 1 aliphatic heterocycles. The van der Waals surface area contributed by atoms with E-state index in [2.05, 4.69) is 10.6 Å². The van der Waals surface area contributed by atoms with Crippen LogP contribution in [0.2, 0.25) is 4.34 Å². The van der Waals surface area contributed by atoms with Crippen LogP contribution in [0, 0.1) is 5.92 Å². The van der Waals surface area contributed by atoms with Gasteiger partial charge in [-0.05, 0) is 36.2 Å². The van der Waals surface area contributed by atoms with Crippen molar-refractivity contribution in [2.75, 3.05) is 49.6 Å². The Morgan fingerprint density at radius 1 is 1.20 bits per heavy atom. The standard InChI is InChI=1S/C25H28ClF5N4O4S/c1-14(2)11-34(13-25(29,30)31)18(10-32-24(38)19-5-6-20(26)40-19)23(37)33-15-3-4-17(16(9-15)22(27)28)35-7-8-39-12-21(35)36/h3-6,9,14,18,22H,7-8,10-13H2,1-2H3,(H,32,38)(H,33,37)/t18-/m1/s1. The van der Waals surface area contributed by atoms with Crippen molar-refractivity contribution in [3.8, 4) is 0 Å². The predicted molar refractivity (Wildman–Crippen MR) is 141 cm³/mol. The fourth-order valence-corrected chi connectivity index (χ4v) is 5.11. The molecule has 1 aliphatic rings. The smallest absolute Gasteiger partial charge is 0.370 e. The van der Waals surface area contributed by atoms with Crippen LogP contribution in [0.5, 0.6) is 0 Å². The van der Waals surface area contributed by atoms with Crippen LogP contribution in [-0.2, 0) is 14.3 Å². The second kappa shape index (κ2) is 13.7. The van der Waals surface area contributed by atoms with Gasteiger partial charge in [0.2, 0.25) is 5.91 Å². The van der Waals surface area contributed by atoms with E-state index in [0.29, 0.717) is 4.34 Å². The van der Waals surface area contributed by atoms with Gasteiger partial charge >= 0.3 is 6.18 Å². The first-order chi connectivity index (χ1) is 18.7. The summed E-state index contributed by atoms with van der Waals surface area (Å²) in [6.07, 6.45) is -7.67. The number of nitrogens with zero attached hydrogens (tertiary/aromatic N) is 2. The van der Waals surface area contributed by atoms with E-state index in [1.807, 2.05) is 0 Å². The van der Waals surface area contributed by atoms with E-state index in [1.54, 1.807) is 13.8 Å². The first-order valence-corrected chi connectivity index (χ1v) is 13.4. The molecule has 3 rings (SSSR count). The van der Waals surface area contributed by atoms with Crippen molar-refractivity contribution in [1.29, 1.82) is 0 Å². The molecule has 1 fully saturated rings. The Labute approximate surface area is 236 Å². The van der Waals surface area contributed by atoms with Gasteiger partial charge in [0.05, 0.1) is 28.1 Å². The zero-order valence-corrected chi connectivity index (χ0v) is 23.1. The lowest BCUT2D eigenvalue weighted by molar-refractivity contribution is -0.154. The van der Waals surface area contributed by atoms with Gasteiger partial charge in [0.1, 0.15) is 12.6 Å². The van der Waals surface area contributed by atoms with Crippen molar-refractivity contribution in [1.82, 2.24) is 10.2 Å². The van der Waals surface area contributed by atoms with Crippen LogP contribution in [0.4, 0.5) is 33.3 Å². The summed E-state index contributed by atoms with van der Waals surface area (Å²) < 4.78 is 73.7. The Hall–Kier alpha value is -2.81. The lowest BCUT2D eigenvalue weighted by Gasteiger charge is -2.33. The van der Waals surface area contributed by atoms with Crippen molar-refractivity contribution in [3.05, 3.63) is 45.1 Å². The van der Waals surface area contributed by atoms with E-state index in [9.17, 15) is 36.3 Å². The zero-order chi connectivity index (χ0) is 29.6. The fourth-order valence-electron chi connectivity index (χ4n) is 4.15. The van der Waals surface area contributed by atoms with Gasteiger partial charge in [0, 0.05) is 30.9 Å². The molecule has 1 aromatic carbocycles. The summed E-state index contributed by atoms with van der Waals surface area (Å²) >= 11 is 6.81. The van der Waals surface area contributed by atoms with Crippen molar-refractivity contribution < 1.29 is 41.1 Å². The number of anilines is 2. The molecule has 15 heteroatoms. The highest BCUT2D eigenvalue weighted by Gasteiger charge is 2.37. The first-order valence-electron chi connectivity index (χ1n) is 12.2. The molecule has 0 unspecified atom stereocenters. The molecule has 1 aromatic heterocycles. The van der Waals surface area contributed by atoms with Gasteiger partial charge in [0.25, 0.3) is 18.2 Å². The molecule has 0 saturated carbocycles. The first kappa shape index (κ1) is 31.7. The number of alkyl halides is 5. The average Bonchev–Trinajstić information content (AvgIpc) is 3.29. The predicted octanol–water partition coefficient (Wildman–Crippen LogP) is 4.96. The van der Waals surface area contributed by atoms with E-state index >= 15 is 0 Å². The van der Waals surface area contributed by atoms with Crippen molar-refractivity contribution in [3.63, 3.8) is 0 Å². The summed E-state index contributed by atoms with van der Waals surface area (Å²) in [6.45, 7) is 1.22. The van der Waals surface area contributed by atoms with E-state index in [-0.39, 0.29) is 48.5 Å². The number of ether oxygens (including phenoxy) is 1. The van der Waals surface area contributed by atoms with Crippen molar-refractivity contribution >= 4 is 52.0 Å². The zero-order valence-electron chi connectivity index (χ0n) is 21.6. The van der Waals surface area contributed by atoms with Crippen LogP contribution < -0.4 is 15.5 Å². The largest absolute Gasteiger partial charge is 0.401 e. The van der Waals surface area contributed by atoms with Crippen LogP contribution in [-0.4, -0.2) is 74.2 Å². The molecule has 0 bridgehead atoms. The minimum absolute atomic E-state index is 0.0572. The normalized spacial score (nSPS) is 15.2. The summed E-state index contributed by atoms with van der Waals surface area (Å²) in [5, 5.41) is 4.88. The maximum atomic E-state index is 13.9. The maximum absolute atomic E-state index is 13.9. The number of hydrogen-bond donors (Lipinski definition) is 2. The SMILES string of the molecule is CC(C)CN(CC(F)(F)F)[C@H](CNC(=O)c1ccc(Cl)s1)C(=O)Nc1ccc(N2CCOCC2=O)c(C(F)F)c1. The van der Waals surface area contributed by atoms with Crippen molar-refractivity contribution in [2.45, 2.75) is 32.5 Å². The maximum Gasteiger partial charge on any atom is 0.401 e. The van der Waals surface area contributed by atoms with Gasteiger partial charge in [0.15, 0.2) is 0 Å². The van der Waals surface area contributed by atoms with Crippen LogP contribution in [0.15, 0.2) is 30.3 Å². The molecular weight excluding hydrogens is 583 g/mol. The quantitative estimate of drug-likeness (QED) is 0.351. The molecule has 8 nitrogen and oxygen atoms in total. The molecule has 0 radical (unpaired) electrons. The molecule has 0 aliphatic carbocycles. The molecule has 220 valence electrons. The highest BCUT2D eigenvalue weighted by Crippen LogP contribution is 2.33. The van der Waals surface area contributed by atoms with Crippen LogP contribution in [0.3, 0.4) is 0 Å². The Balaban J connectivity index is 1.88. The number of carbonyl (C=O) groups excluding carboxylic acids is 3. The molecule has 3 amide bonds. The Morgan fingerprint density at radius 2 is 1.93 bits per heavy atom. The van der Waals surface area contributed by atoms with Crippen LogP contribution in [0.25, 0.3) is 0 Å². The van der Waals surface area contributed by atoms with Gasteiger partial charge < -0.3 is 20.3 Å². The highest BCUT2D eigenvalue weighted by atomic mass is 35.5. The number of rotatable bonds is 11. The molecular formula is C25H28ClF5N4O4S. The molecule has 1 saturated heterocycles. The topological polar surface area (TPSA) is 91.0 Å². The second-order valence-electron chi connectivity index (χ2n) is 9.43. The highest BCUT2D eigenvalue weighted by molar-refractivity contribution is 7.18. The summed E-state index contributed by atoms with van der Waals surface area (Å²) in [4.78, 5) is 40.3. The summed E-state index contributed by atoms with van der Waals surface area (Å²) in [7, 11) is 0. The van der Waals surface area contributed by atoms with Gasteiger partial charge in [-0.25, -0.2) is 8.78 Å². The molecule has 2 N–H and O–H groups in total. The Kier molecular flexibility index (Phi) is 10.9. The lowest BCUT2D eigenvalue weighted by Crippen LogP contribution is -2.54. The molecule has 0 spiro atoms. The summed E-state index contributed by atoms with van der Waals surface area (Å²) in [5.74, 6) is -2.36. The minimum atomic E-state index is -4.66.